The molecule has 2 heterocycles. The van der Waals surface area contributed by atoms with Gasteiger partial charge in [-0.25, -0.2) is 0 Å². The van der Waals surface area contributed by atoms with Crippen LogP contribution in [0.15, 0.2) is 0 Å². The predicted octanol–water partition coefficient (Wildman–Crippen LogP) is 1.66. The molecule has 0 aliphatic carbocycles. The highest BCUT2D eigenvalue weighted by Gasteiger charge is 2.41. The maximum absolute atomic E-state index is 12.3. The van der Waals surface area contributed by atoms with Crippen molar-refractivity contribution >= 4 is 18.3 Å². The van der Waals surface area contributed by atoms with Crippen LogP contribution in [0.3, 0.4) is 0 Å². The topological polar surface area (TPSA) is 32.3 Å². The Morgan fingerprint density at radius 1 is 1.44 bits per heavy atom. The molecule has 2 saturated heterocycles. The van der Waals surface area contributed by atoms with Crippen LogP contribution in [0.1, 0.15) is 33.6 Å². The van der Waals surface area contributed by atoms with Crippen molar-refractivity contribution in [3.05, 3.63) is 0 Å². The van der Waals surface area contributed by atoms with Crippen LogP contribution in [0.25, 0.3) is 0 Å². The Bertz CT molecular complexity index is 262. The van der Waals surface area contributed by atoms with Gasteiger partial charge in [-0.15, -0.1) is 12.4 Å². The minimum absolute atomic E-state index is 0. The number of hydrogen-bond acceptors (Lipinski definition) is 2. The van der Waals surface area contributed by atoms with E-state index in [4.69, 9.17) is 0 Å². The summed E-state index contributed by atoms with van der Waals surface area (Å²) in [4.78, 5) is 14.4. The summed E-state index contributed by atoms with van der Waals surface area (Å²) in [6.45, 7) is 9.44. The molecule has 0 saturated carbocycles. The third-order valence-corrected chi connectivity index (χ3v) is 3.75. The van der Waals surface area contributed by atoms with Crippen molar-refractivity contribution in [1.29, 1.82) is 0 Å². The van der Waals surface area contributed by atoms with Crippen LogP contribution in [-0.4, -0.2) is 36.0 Å². The average Bonchev–Trinajstić information content (AvgIpc) is 2.71. The summed E-state index contributed by atoms with van der Waals surface area (Å²) in [5, 5.41) is 3.27. The third kappa shape index (κ3) is 2.51. The van der Waals surface area contributed by atoms with E-state index in [0.717, 1.165) is 32.5 Å². The molecular weight excluding hydrogens is 224 g/mol. The Kier molecular flexibility index (Phi) is 4.24. The van der Waals surface area contributed by atoms with Crippen molar-refractivity contribution in [2.75, 3.05) is 19.6 Å². The van der Waals surface area contributed by atoms with E-state index in [-0.39, 0.29) is 23.9 Å². The molecule has 16 heavy (non-hydrogen) atoms. The molecule has 4 heteroatoms. The van der Waals surface area contributed by atoms with Crippen molar-refractivity contribution in [2.24, 2.45) is 11.8 Å². The number of nitrogens with one attached hydrogen (secondary N) is 1. The number of nitrogens with zero attached hydrogens (tertiary/aromatic N) is 1. The number of carbonyl (C=O) groups excluding carboxylic acids is 1. The highest BCUT2D eigenvalue weighted by molar-refractivity contribution is 5.85. The second-order valence-electron chi connectivity index (χ2n) is 5.76. The first-order valence-corrected chi connectivity index (χ1v) is 6.03. The summed E-state index contributed by atoms with van der Waals surface area (Å²) in [6.07, 6.45) is 2.15. The molecule has 2 aliphatic rings. The Hall–Kier alpha value is -0.280. The van der Waals surface area contributed by atoms with Crippen LogP contribution in [0.5, 0.6) is 0 Å². The summed E-state index contributed by atoms with van der Waals surface area (Å²) >= 11 is 0. The number of halogens is 1. The van der Waals surface area contributed by atoms with Gasteiger partial charge in [0.2, 0.25) is 5.91 Å². The molecule has 1 unspecified atom stereocenters. The number of amides is 1. The molecule has 2 rings (SSSR count). The third-order valence-electron chi connectivity index (χ3n) is 3.75. The van der Waals surface area contributed by atoms with Crippen LogP contribution >= 0.6 is 12.4 Å². The number of hydrogen-bond donors (Lipinski definition) is 1. The molecule has 0 radical (unpaired) electrons. The maximum atomic E-state index is 12.3. The summed E-state index contributed by atoms with van der Waals surface area (Å²) in [5.41, 5.74) is 0.0685. The molecule has 94 valence electrons. The first kappa shape index (κ1) is 13.8. The lowest BCUT2D eigenvalue weighted by atomic mass is 9.96. The van der Waals surface area contributed by atoms with Crippen LogP contribution in [-0.2, 0) is 4.79 Å². The highest BCUT2D eigenvalue weighted by Crippen LogP contribution is 2.34. The van der Waals surface area contributed by atoms with Gasteiger partial charge in [0.1, 0.15) is 0 Å². The van der Waals surface area contributed by atoms with E-state index < -0.39 is 0 Å². The number of likely N-dealkylation sites (tertiary alicyclic amines) is 1. The molecule has 2 fully saturated rings. The van der Waals surface area contributed by atoms with Crippen molar-refractivity contribution in [2.45, 2.75) is 39.2 Å². The van der Waals surface area contributed by atoms with E-state index in [1.54, 1.807) is 0 Å². The Morgan fingerprint density at radius 3 is 2.56 bits per heavy atom. The second-order valence-corrected chi connectivity index (χ2v) is 5.76. The fraction of sp³-hybridized carbons (Fsp3) is 0.917. The van der Waals surface area contributed by atoms with Crippen LogP contribution in [0.2, 0.25) is 0 Å². The van der Waals surface area contributed by atoms with Gasteiger partial charge in [0.25, 0.3) is 0 Å². The Morgan fingerprint density at radius 2 is 2.12 bits per heavy atom. The van der Waals surface area contributed by atoms with Crippen molar-refractivity contribution in [3.8, 4) is 0 Å². The average molecular weight is 247 g/mol. The minimum Gasteiger partial charge on any atom is -0.337 e. The standard InChI is InChI=1S/C12H22N2O.ClH/c1-9-6-12(2,3)14(8-9)11(15)10-4-5-13-7-10;/h9-10,13H,4-8H2,1-3H3;1H/t9?,10-;/m1./s1. The van der Waals surface area contributed by atoms with E-state index in [1.165, 1.54) is 0 Å². The summed E-state index contributed by atoms with van der Waals surface area (Å²) < 4.78 is 0. The van der Waals surface area contributed by atoms with Crippen molar-refractivity contribution < 1.29 is 4.79 Å². The van der Waals surface area contributed by atoms with Gasteiger partial charge < -0.3 is 10.2 Å². The second kappa shape index (κ2) is 4.92. The van der Waals surface area contributed by atoms with Gasteiger partial charge in [0.15, 0.2) is 0 Å². The quantitative estimate of drug-likeness (QED) is 0.763. The van der Waals surface area contributed by atoms with Crippen molar-refractivity contribution in [3.63, 3.8) is 0 Å². The fourth-order valence-corrected chi connectivity index (χ4v) is 3.06. The zero-order valence-corrected chi connectivity index (χ0v) is 11.3. The van der Waals surface area contributed by atoms with Gasteiger partial charge in [0.05, 0.1) is 5.92 Å². The largest absolute Gasteiger partial charge is 0.337 e. The van der Waals surface area contributed by atoms with Gasteiger partial charge in [-0.05, 0) is 39.2 Å². The summed E-state index contributed by atoms with van der Waals surface area (Å²) in [5.74, 6) is 1.25. The minimum atomic E-state index is 0. The van der Waals surface area contributed by atoms with E-state index >= 15 is 0 Å². The SMILES string of the molecule is CC1CN(C(=O)[C@@H]2CCNC2)C(C)(C)C1.Cl. The lowest BCUT2D eigenvalue weighted by molar-refractivity contribution is -0.138. The molecule has 0 aromatic rings. The van der Waals surface area contributed by atoms with Gasteiger partial charge in [-0.3, -0.25) is 4.79 Å². The Labute approximate surface area is 104 Å². The molecule has 3 nitrogen and oxygen atoms in total. The molecule has 2 atom stereocenters. The Balaban J connectivity index is 0.00000128. The zero-order chi connectivity index (χ0) is 11.1. The van der Waals surface area contributed by atoms with Crippen LogP contribution in [0, 0.1) is 11.8 Å². The highest BCUT2D eigenvalue weighted by atomic mass is 35.5. The first-order chi connectivity index (χ1) is 7.00. The molecule has 0 aromatic carbocycles. The molecule has 0 spiro atoms. The van der Waals surface area contributed by atoms with Crippen molar-refractivity contribution in [1.82, 2.24) is 10.2 Å². The van der Waals surface area contributed by atoms with E-state index in [9.17, 15) is 4.79 Å². The van der Waals surface area contributed by atoms with E-state index in [1.807, 2.05) is 0 Å². The summed E-state index contributed by atoms with van der Waals surface area (Å²) in [7, 11) is 0. The number of carbonyl (C=O) groups is 1. The molecule has 0 bridgehead atoms. The first-order valence-electron chi connectivity index (χ1n) is 6.03. The lowest BCUT2D eigenvalue weighted by Crippen LogP contribution is -2.46. The van der Waals surface area contributed by atoms with Gasteiger partial charge in [-0.2, -0.15) is 0 Å². The number of rotatable bonds is 1. The van der Waals surface area contributed by atoms with E-state index in [0.29, 0.717) is 11.8 Å². The van der Waals surface area contributed by atoms with Crippen LogP contribution < -0.4 is 5.32 Å². The van der Waals surface area contributed by atoms with Crippen LogP contribution in [0.4, 0.5) is 0 Å². The van der Waals surface area contributed by atoms with E-state index in [2.05, 4.69) is 31.0 Å². The molecule has 2 aliphatic heterocycles. The predicted molar refractivity (Wildman–Crippen MR) is 67.8 cm³/mol. The van der Waals surface area contributed by atoms with Gasteiger partial charge in [-0.1, -0.05) is 6.92 Å². The maximum Gasteiger partial charge on any atom is 0.227 e. The normalized spacial score (nSPS) is 32.6. The molecule has 1 amide bonds. The summed E-state index contributed by atoms with van der Waals surface area (Å²) in [6, 6.07) is 0. The van der Waals surface area contributed by atoms with Gasteiger partial charge in [0, 0.05) is 18.6 Å². The molecule has 1 N–H and O–H groups in total. The zero-order valence-electron chi connectivity index (χ0n) is 10.5. The monoisotopic (exact) mass is 246 g/mol. The van der Waals surface area contributed by atoms with Gasteiger partial charge >= 0.3 is 0 Å². The smallest absolute Gasteiger partial charge is 0.227 e. The fourth-order valence-electron chi connectivity index (χ4n) is 3.06. The lowest BCUT2D eigenvalue weighted by Gasteiger charge is -2.33. The molecule has 0 aromatic heterocycles. The molecular formula is C12H23ClN2O.